The lowest BCUT2D eigenvalue weighted by Gasteiger charge is -2.21. The molecule has 0 saturated heterocycles. The minimum atomic E-state index is -0.892. The molecule has 3 aromatic rings. The average molecular weight is 418 g/mol. The molecule has 0 fully saturated rings. The number of carbonyl (C=O) groups excluding carboxylic acids is 2. The highest BCUT2D eigenvalue weighted by Gasteiger charge is 2.27. The van der Waals surface area contributed by atoms with Crippen molar-refractivity contribution in [3.63, 3.8) is 0 Å². The lowest BCUT2D eigenvalue weighted by molar-refractivity contribution is -0.124. The van der Waals surface area contributed by atoms with E-state index in [1.54, 1.807) is 24.3 Å². The number of aliphatic imine (C=N–C) groups is 1. The highest BCUT2D eigenvalue weighted by atomic mass is 19.1. The van der Waals surface area contributed by atoms with Crippen LogP contribution in [0, 0.1) is 5.82 Å². The number of guanidine groups is 1. The third kappa shape index (κ3) is 5.45. The number of rotatable bonds is 5. The molecule has 1 atom stereocenters. The minimum Gasteiger partial charge on any atom is -0.457 e. The summed E-state index contributed by atoms with van der Waals surface area (Å²) in [5.41, 5.74) is 1.09. The second-order valence-electron chi connectivity index (χ2n) is 6.81. The van der Waals surface area contributed by atoms with E-state index >= 15 is 0 Å². The predicted molar refractivity (Wildman–Crippen MR) is 116 cm³/mol. The van der Waals surface area contributed by atoms with Crippen molar-refractivity contribution < 1.29 is 18.7 Å². The molecule has 156 valence electrons. The van der Waals surface area contributed by atoms with E-state index in [1.165, 1.54) is 24.3 Å². The number of halogens is 1. The number of nitrogens with one attached hydrogen (secondary N) is 3. The fourth-order valence-electron chi connectivity index (χ4n) is 2.93. The van der Waals surface area contributed by atoms with Crippen molar-refractivity contribution in [1.82, 2.24) is 5.32 Å². The number of nitrogens with zero attached hydrogens (tertiary/aromatic N) is 1. The van der Waals surface area contributed by atoms with E-state index in [0.29, 0.717) is 22.9 Å². The van der Waals surface area contributed by atoms with Crippen molar-refractivity contribution >= 4 is 29.1 Å². The predicted octanol–water partition coefficient (Wildman–Crippen LogP) is 3.91. The number of hydrogen-bond acceptors (Lipinski definition) is 5. The second kappa shape index (κ2) is 9.08. The molecule has 2 amide bonds. The largest absolute Gasteiger partial charge is 0.457 e. The molecular weight excluding hydrogens is 399 g/mol. The van der Waals surface area contributed by atoms with Gasteiger partial charge in [0.25, 0.3) is 0 Å². The van der Waals surface area contributed by atoms with E-state index in [1.807, 2.05) is 30.3 Å². The highest BCUT2D eigenvalue weighted by Crippen LogP contribution is 2.23. The van der Waals surface area contributed by atoms with Crippen molar-refractivity contribution in [3.05, 3.63) is 84.7 Å². The zero-order chi connectivity index (χ0) is 21.6. The van der Waals surface area contributed by atoms with Gasteiger partial charge in [0.1, 0.15) is 23.4 Å². The number of amides is 2. The van der Waals surface area contributed by atoms with Crippen LogP contribution < -0.4 is 20.7 Å². The van der Waals surface area contributed by atoms with Gasteiger partial charge in [-0.15, -0.1) is 0 Å². The quantitative estimate of drug-likeness (QED) is 0.586. The number of anilines is 2. The Morgan fingerprint density at radius 2 is 1.58 bits per heavy atom. The molecule has 8 heteroatoms. The monoisotopic (exact) mass is 418 g/mol. The minimum absolute atomic E-state index is 0.0738. The summed E-state index contributed by atoms with van der Waals surface area (Å²) in [6.45, 7) is 0. The smallest absolute Gasteiger partial charge is 0.249 e. The van der Waals surface area contributed by atoms with Crippen molar-refractivity contribution in [2.75, 3.05) is 10.6 Å². The van der Waals surface area contributed by atoms with E-state index in [-0.39, 0.29) is 24.1 Å². The Morgan fingerprint density at radius 1 is 0.935 bits per heavy atom. The molecule has 0 saturated carbocycles. The van der Waals surface area contributed by atoms with Crippen LogP contribution in [0.4, 0.5) is 15.8 Å². The maximum atomic E-state index is 13.0. The van der Waals surface area contributed by atoms with Gasteiger partial charge in [-0.1, -0.05) is 18.2 Å². The first-order valence-electron chi connectivity index (χ1n) is 9.59. The number of ether oxygens (including phenoxy) is 1. The molecule has 0 spiro atoms. The van der Waals surface area contributed by atoms with Crippen molar-refractivity contribution in [2.24, 2.45) is 4.99 Å². The van der Waals surface area contributed by atoms with Crippen LogP contribution in [0.5, 0.6) is 11.5 Å². The van der Waals surface area contributed by atoms with Crippen LogP contribution in [0.2, 0.25) is 0 Å². The van der Waals surface area contributed by atoms with Crippen LogP contribution in [-0.2, 0) is 9.59 Å². The van der Waals surface area contributed by atoms with Gasteiger partial charge in [0.15, 0.2) is 0 Å². The van der Waals surface area contributed by atoms with Gasteiger partial charge in [0, 0.05) is 11.4 Å². The molecule has 1 heterocycles. The number of benzene rings is 3. The zero-order valence-corrected chi connectivity index (χ0v) is 16.3. The van der Waals surface area contributed by atoms with E-state index in [0.717, 1.165) is 0 Å². The maximum Gasteiger partial charge on any atom is 0.249 e. The normalized spacial score (nSPS) is 15.5. The third-order valence-corrected chi connectivity index (χ3v) is 4.43. The Labute approximate surface area is 178 Å². The van der Waals surface area contributed by atoms with Crippen LogP contribution in [0.15, 0.2) is 83.9 Å². The van der Waals surface area contributed by atoms with E-state index in [9.17, 15) is 14.0 Å². The fourth-order valence-corrected chi connectivity index (χ4v) is 2.93. The molecule has 4 rings (SSSR count). The van der Waals surface area contributed by atoms with E-state index in [4.69, 9.17) is 4.74 Å². The first-order valence-corrected chi connectivity index (χ1v) is 9.59. The fraction of sp³-hybridized carbons (Fsp3) is 0.0870. The van der Waals surface area contributed by atoms with Crippen molar-refractivity contribution in [1.29, 1.82) is 0 Å². The van der Waals surface area contributed by atoms with Gasteiger partial charge in [0.2, 0.25) is 17.8 Å². The zero-order valence-electron chi connectivity index (χ0n) is 16.3. The van der Waals surface area contributed by atoms with E-state index < -0.39 is 11.9 Å². The van der Waals surface area contributed by atoms with Crippen LogP contribution in [0.25, 0.3) is 0 Å². The molecule has 31 heavy (non-hydrogen) atoms. The molecule has 0 aliphatic carbocycles. The van der Waals surface area contributed by atoms with Crippen molar-refractivity contribution in [2.45, 2.75) is 12.5 Å². The standard InChI is InChI=1S/C23H19FN4O3/c24-15-6-8-17(9-7-15)26-23-27-20(14-21(29)28-23)22(30)25-16-10-12-19(13-11-16)31-18-4-2-1-3-5-18/h1-13,20H,14H2,(H,25,30)(H2,26,27,28,29). The van der Waals surface area contributed by atoms with Gasteiger partial charge in [0.05, 0.1) is 6.42 Å². The summed E-state index contributed by atoms with van der Waals surface area (Å²) in [7, 11) is 0. The lowest BCUT2D eigenvalue weighted by atomic mass is 10.1. The van der Waals surface area contributed by atoms with Crippen LogP contribution in [0.3, 0.4) is 0 Å². The molecule has 0 bridgehead atoms. The van der Waals surface area contributed by atoms with Gasteiger partial charge >= 0.3 is 0 Å². The molecule has 3 N–H and O–H groups in total. The molecule has 3 aromatic carbocycles. The summed E-state index contributed by atoms with van der Waals surface area (Å²) in [6, 6.07) is 20.9. The summed E-state index contributed by atoms with van der Waals surface area (Å²) in [4.78, 5) is 28.9. The summed E-state index contributed by atoms with van der Waals surface area (Å²) in [6.07, 6.45) is -0.0738. The lowest BCUT2D eigenvalue weighted by Crippen LogP contribution is -2.45. The Balaban J connectivity index is 1.39. The van der Waals surface area contributed by atoms with Gasteiger partial charge in [-0.3, -0.25) is 14.9 Å². The molecule has 0 aromatic heterocycles. The summed E-state index contributed by atoms with van der Waals surface area (Å²) >= 11 is 0. The van der Waals surface area contributed by atoms with Gasteiger partial charge in [-0.05, 0) is 60.7 Å². The Hall–Kier alpha value is -4.20. The first kappa shape index (κ1) is 20.1. The van der Waals surface area contributed by atoms with Gasteiger partial charge < -0.3 is 15.4 Å². The topological polar surface area (TPSA) is 91.8 Å². The molecule has 0 radical (unpaired) electrons. The number of hydrogen-bond donors (Lipinski definition) is 3. The summed E-state index contributed by atoms with van der Waals surface area (Å²) in [5, 5.41) is 8.20. The summed E-state index contributed by atoms with van der Waals surface area (Å²) < 4.78 is 18.8. The SMILES string of the molecule is O=C1CC(C(=O)Nc2ccc(Oc3ccccc3)cc2)N=C(Nc2ccc(F)cc2)N1. The molecule has 1 aliphatic rings. The Bertz CT molecular complexity index is 1100. The Morgan fingerprint density at radius 3 is 2.29 bits per heavy atom. The molecule has 1 unspecified atom stereocenters. The van der Waals surface area contributed by atoms with Crippen LogP contribution >= 0.6 is 0 Å². The van der Waals surface area contributed by atoms with Gasteiger partial charge in [-0.2, -0.15) is 0 Å². The Kier molecular flexibility index (Phi) is 5.89. The second-order valence-corrected chi connectivity index (χ2v) is 6.81. The van der Waals surface area contributed by atoms with Crippen LogP contribution in [0.1, 0.15) is 6.42 Å². The summed E-state index contributed by atoms with van der Waals surface area (Å²) in [5.74, 6) is 0.344. The number of carbonyl (C=O) groups is 2. The molecule has 7 nitrogen and oxygen atoms in total. The molecule has 1 aliphatic heterocycles. The maximum absolute atomic E-state index is 13.0. The van der Waals surface area contributed by atoms with Crippen molar-refractivity contribution in [3.8, 4) is 11.5 Å². The average Bonchev–Trinajstić information content (AvgIpc) is 2.77. The first-order chi connectivity index (χ1) is 15.0. The van der Waals surface area contributed by atoms with E-state index in [2.05, 4.69) is 20.9 Å². The third-order valence-electron chi connectivity index (χ3n) is 4.43. The van der Waals surface area contributed by atoms with Gasteiger partial charge in [-0.25, -0.2) is 9.38 Å². The van der Waals surface area contributed by atoms with Crippen LogP contribution in [-0.4, -0.2) is 23.8 Å². The highest BCUT2D eigenvalue weighted by molar-refractivity contribution is 6.10. The molecular formula is C23H19FN4O3. The number of para-hydroxylation sites is 1.